The summed E-state index contributed by atoms with van der Waals surface area (Å²) in [5, 5.41) is 3.46. The molecule has 0 spiro atoms. The van der Waals surface area contributed by atoms with Gasteiger partial charge in [0.05, 0.1) is 5.52 Å². The van der Waals surface area contributed by atoms with E-state index in [0.29, 0.717) is 17.5 Å². The second-order valence-corrected chi connectivity index (χ2v) is 13.4. The van der Waals surface area contributed by atoms with Gasteiger partial charge in [0.25, 0.3) is 0 Å². The van der Waals surface area contributed by atoms with Gasteiger partial charge >= 0.3 is 0 Å². The summed E-state index contributed by atoms with van der Waals surface area (Å²) in [7, 11) is 0. The van der Waals surface area contributed by atoms with E-state index in [1.807, 2.05) is 30.5 Å². The van der Waals surface area contributed by atoms with Crippen molar-refractivity contribution in [1.29, 1.82) is 0 Å². The smallest absolute Gasteiger partial charge is 0.164 e. The molecule has 2 heterocycles. The fourth-order valence-corrected chi connectivity index (χ4v) is 7.91. The highest BCUT2D eigenvalue weighted by Crippen LogP contribution is 2.46. The van der Waals surface area contributed by atoms with Gasteiger partial charge in [0.15, 0.2) is 17.5 Å². The van der Waals surface area contributed by atoms with Gasteiger partial charge in [-0.1, -0.05) is 165 Å². The Hall–Kier alpha value is -6.00. The second kappa shape index (κ2) is 12.8. The third kappa shape index (κ3) is 5.43. The third-order valence-corrected chi connectivity index (χ3v) is 10.5. The summed E-state index contributed by atoms with van der Waals surface area (Å²) in [5.74, 6) is 2.03. The predicted molar refractivity (Wildman–Crippen MR) is 205 cm³/mol. The lowest BCUT2D eigenvalue weighted by atomic mass is 9.65. The molecule has 1 aliphatic rings. The van der Waals surface area contributed by atoms with Crippen molar-refractivity contribution in [3.05, 3.63) is 169 Å². The zero-order valence-corrected chi connectivity index (χ0v) is 27.8. The Labute approximate surface area is 292 Å². The second-order valence-electron chi connectivity index (χ2n) is 13.4. The number of aromatic nitrogens is 4. The lowest BCUT2D eigenvalue weighted by Crippen LogP contribution is -2.30. The Bertz CT molecular complexity index is 2440. The van der Waals surface area contributed by atoms with Crippen molar-refractivity contribution in [2.75, 3.05) is 0 Å². The van der Waals surface area contributed by atoms with Crippen LogP contribution in [0.2, 0.25) is 0 Å². The van der Waals surface area contributed by atoms with Crippen LogP contribution in [0.3, 0.4) is 0 Å². The lowest BCUT2D eigenvalue weighted by Gasteiger charge is -2.39. The van der Waals surface area contributed by atoms with Gasteiger partial charge < -0.3 is 0 Å². The molecule has 240 valence electrons. The van der Waals surface area contributed by atoms with Gasteiger partial charge in [0.1, 0.15) is 0 Å². The maximum Gasteiger partial charge on any atom is 0.164 e. The molecule has 4 heteroatoms. The van der Waals surface area contributed by atoms with Gasteiger partial charge in [0.2, 0.25) is 0 Å². The molecule has 0 atom stereocenters. The molecule has 8 aromatic rings. The lowest BCUT2D eigenvalue weighted by molar-refractivity contribution is 0.346. The maximum atomic E-state index is 5.10. The van der Waals surface area contributed by atoms with Crippen LogP contribution in [0.5, 0.6) is 0 Å². The topological polar surface area (TPSA) is 51.6 Å². The first kappa shape index (κ1) is 30.1. The Balaban J connectivity index is 1.11. The van der Waals surface area contributed by atoms with Crippen LogP contribution in [-0.2, 0) is 5.41 Å². The summed E-state index contributed by atoms with van der Waals surface area (Å²) in [6, 6.07) is 53.8. The Morgan fingerprint density at radius 1 is 0.400 bits per heavy atom. The first-order valence-electron chi connectivity index (χ1n) is 17.6. The zero-order valence-electron chi connectivity index (χ0n) is 27.8. The van der Waals surface area contributed by atoms with E-state index in [-0.39, 0.29) is 5.41 Å². The van der Waals surface area contributed by atoms with Crippen molar-refractivity contribution in [3.8, 4) is 45.3 Å². The van der Waals surface area contributed by atoms with Gasteiger partial charge in [0, 0.05) is 39.3 Å². The largest absolute Gasteiger partial charge is 0.256 e. The molecule has 0 saturated heterocycles. The molecule has 4 nitrogen and oxygen atoms in total. The summed E-state index contributed by atoms with van der Waals surface area (Å²) in [4.78, 5) is 19.8. The van der Waals surface area contributed by atoms with Gasteiger partial charge in [-0.05, 0) is 46.4 Å². The number of hydrogen-bond donors (Lipinski definition) is 0. The molecule has 0 unspecified atom stereocenters. The standard InChI is InChI=1S/C46H36N4/c1-3-13-35(14-4-1)43-48-44(50-45(49-43)41-20-9-15-32-12-5-6-18-39(32)41)36-23-27-38(28-24-36)46(29-7-2-8-30-46)37-25-21-33(22-26-37)40-19-10-16-34-17-11-31-47-42(34)40/h1,3-6,9-28,31H,2,7-8,29-30H2. The first-order valence-corrected chi connectivity index (χ1v) is 17.6. The number of pyridine rings is 1. The minimum absolute atomic E-state index is 0.0330. The summed E-state index contributed by atoms with van der Waals surface area (Å²) < 4.78 is 0. The van der Waals surface area contributed by atoms with E-state index < -0.39 is 0 Å². The Morgan fingerprint density at radius 3 is 1.70 bits per heavy atom. The Kier molecular flexibility index (Phi) is 7.70. The van der Waals surface area contributed by atoms with Crippen LogP contribution in [-0.4, -0.2) is 19.9 Å². The number of hydrogen-bond acceptors (Lipinski definition) is 4. The average molecular weight is 645 g/mol. The van der Waals surface area contributed by atoms with Crippen molar-refractivity contribution in [1.82, 2.24) is 19.9 Å². The van der Waals surface area contributed by atoms with E-state index in [9.17, 15) is 0 Å². The highest BCUT2D eigenvalue weighted by atomic mass is 15.0. The van der Waals surface area contributed by atoms with E-state index in [1.165, 1.54) is 41.5 Å². The molecule has 0 bridgehead atoms. The van der Waals surface area contributed by atoms with Crippen molar-refractivity contribution < 1.29 is 0 Å². The molecular weight excluding hydrogens is 609 g/mol. The van der Waals surface area contributed by atoms with Crippen LogP contribution in [0.25, 0.3) is 67.0 Å². The van der Waals surface area contributed by atoms with Crippen LogP contribution >= 0.6 is 0 Å². The SMILES string of the molecule is c1ccc(-c2nc(-c3ccc(C4(c5ccc(-c6cccc7cccnc67)cc5)CCCCC4)cc3)nc(-c3cccc4ccccc34)n2)cc1. The predicted octanol–water partition coefficient (Wildman–Crippen LogP) is 11.5. The van der Waals surface area contributed by atoms with Crippen molar-refractivity contribution in [2.24, 2.45) is 0 Å². The van der Waals surface area contributed by atoms with Crippen LogP contribution < -0.4 is 0 Å². The first-order chi connectivity index (χ1) is 24.7. The zero-order chi connectivity index (χ0) is 33.3. The number of rotatable bonds is 6. The Morgan fingerprint density at radius 2 is 0.960 bits per heavy atom. The van der Waals surface area contributed by atoms with Crippen LogP contribution in [0, 0.1) is 0 Å². The van der Waals surface area contributed by atoms with Crippen molar-refractivity contribution in [3.63, 3.8) is 0 Å². The van der Waals surface area contributed by atoms with Gasteiger partial charge in [-0.3, -0.25) is 4.98 Å². The summed E-state index contributed by atoms with van der Waals surface area (Å²) in [6.07, 6.45) is 7.87. The van der Waals surface area contributed by atoms with E-state index in [0.717, 1.165) is 51.2 Å². The molecule has 6 aromatic carbocycles. The van der Waals surface area contributed by atoms with E-state index >= 15 is 0 Å². The van der Waals surface area contributed by atoms with Crippen LogP contribution in [0.15, 0.2) is 158 Å². The summed E-state index contributed by atoms with van der Waals surface area (Å²) in [6.45, 7) is 0. The average Bonchev–Trinajstić information content (AvgIpc) is 3.21. The third-order valence-electron chi connectivity index (χ3n) is 10.5. The molecule has 0 radical (unpaired) electrons. The molecule has 0 amide bonds. The summed E-state index contributed by atoms with van der Waals surface area (Å²) >= 11 is 0. The molecule has 1 aliphatic carbocycles. The molecule has 9 rings (SSSR count). The highest BCUT2D eigenvalue weighted by molar-refractivity contribution is 5.95. The minimum Gasteiger partial charge on any atom is -0.256 e. The fourth-order valence-electron chi connectivity index (χ4n) is 7.91. The molecular formula is C46H36N4. The molecule has 2 aromatic heterocycles. The minimum atomic E-state index is -0.0330. The molecule has 0 aliphatic heterocycles. The molecule has 50 heavy (non-hydrogen) atoms. The number of para-hydroxylation sites is 1. The normalized spacial score (nSPS) is 14.2. The molecule has 0 N–H and O–H groups in total. The quantitative estimate of drug-likeness (QED) is 0.181. The molecule has 1 saturated carbocycles. The molecule has 1 fully saturated rings. The maximum absolute atomic E-state index is 5.10. The summed E-state index contributed by atoms with van der Waals surface area (Å²) in [5.41, 5.74) is 9.08. The van der Waals surface area contributed by atoms with Crippen molar-refractivity contribution >= 4 is 21.7 Å². The monoisotopic (exact) mass is 644 g/mol. The van der Waals surface area contributed by atoms with Crippen LogP contribution in [0.4, 0.5) is 0 Å². The van der Waals surface area contributed by atoms with E-state index in [2.05, 4.69) is 127 Å². The van der Waals surface area contributed by atoms with Crippen LogP contribution in [0.1, 0.15) is 43.2 Å². The fraction of sp³-hybridized carbons (Fsp3) is 0.130. The highest BCUT2D eigenvalue weighted by Gasteiger charge is 2.35. The number of fused-ring (bicyclic) bond motifs is 2. The van der Waals surface area contributed by atoms with Crippen molar-refractivity contribution in [2.45, 2.75) is 37.5 Å². The van der Waals surface area contributed by atoms with Gasteiger partial charge in [-0.15, -0.1) is 0 Å². The van der Waals surface area contributed by atoms with E-state index in [1.54, 1.807) is 0 Å². The number of nitrogens with zero attached hydrogens (tertiary/aromatic N) is 4. The number of benzene rings is 6. The van der Waals surface area contributed by atoms with Gasteiger partial charge in [-0.2, -0.15) is 0 Å². The van der Waals surface area contributed by atoms with Gasteiger partial charge in [-0.25, -0.2) is 15.0 Å². The van der Waals surface area contributed by atoms with E-state index in [4.69, 9.17) is 19.9 Å².